The number of phenolic OH excluding ortho intramolecular Hbond substituents is 2. The number of nitrogens with one attached hydrogen (secondary N) is 1. The fraction of sp³-hybridized carbons (Fsp3) is 0.400. The van der Waals surface area contributed by atoms with Crippen LogP contribution in [0.15, 0.2) is 30.8 Å². The second kappa shape index (κ2) is 10.7. The Morgan fingerprint density at radius 1 is 1.17 bits per heavy atom. The Balaban J connectivity index is 2.60. The minimum atomic E-state index is -0.538. The molecule has 162 valence electrons. The SMILES string of the molecule is C=C(C)c1ccc(C)cc1-c1c(O)cc(CCCCC)c(COC(=O)NCC)c1O. The van der Waals surface area contributed by atoms with Gasteiger partial charge in [0.2, 0.25) is 0 Å². The molecule has 0 aliphatic carbocycles. The Labute approximate surface area is 179 Å². The number of allylic oxidation sites excluding steroid dienone is 1. The lowest BCUT2D eigenvalue weighted by atomic mass is 9.89. The number of hydrogen-bond donors (Lipinski definition) is 3. The highest BCUT2D eigenvalue weighted by molar-refractivity contribution is 5.87. The summed E-state index contributed by atoms with van der Waals surface area (Å²) in [6.45, 7) is 12.2. The van der Waals surface area contributed by atoms with Crippen molar-refractivity contribution in [3.8, 4) is 22.6 Å². The molecule has 0 spiro atoms. The van der Waals surface area contributed by atoms with E-state index in [9.17, 15) is 15.0 Å². The maximum Gasteiger partial charge on any atom is 0.407 e. The van der Waals surface area contributed by atoms with Crippen molar-refractivity contribution in [2.24, 2.45) is 0 Å². The van der Waals surface area contributed by atoms with E-state index in [1.54, 1.807) is 6.07 Å². The molecule has 0 aromatic heterocycles. The van der Waals surface area contributed by atoms with Crippen LogP contribution in [0, 0.1) is 6.92 Å². The number of rotatable bonds is 9. The number of alkyl carbamates (subject to hydrolysis) is 1. The van der Waals surface area contributed by atoms with Crippen molar-refractivity contribution in [3.63, 3.8) is 0 Å². The quantitative estimate of drug-likeness (QED) is 0.437. The van der Waals surface area contributed by atoms with E-state index in [2.05, 4.69) is 18.8 Å². The van der Waals surface area contributed by atoms with Crippen LogP contribution >= 0.6 is 0 Å². The van der Waals surface area contributed by atoms with E-state index < -0.39 is 6.09 Å². The standard InChI is InChI=1S/C25H33NO4/c1-6-8-9-10-18-14-22(27)23(20-13-17(5)11-12-19(20)16(3)4)24(28)21(18)15-30-25(29)26-7-2/h11-14,27-28H,3,6-10,15H2,1-2,4-5H3,(H,26,29). The van der Waals surface area contributed by atoms with E-state index >= 15 is 0 Å². The van der Waals surface area contributed by atoms with E-state index in [4.69, 9.17) is 4.74 Å². The number of benzene rings is 2. The van der Waals surface area contributed by atoms with Gasteiger partial charge in [0.1, 0.15) is 18.1 Å². The number of ether oxygens (including phenoxy) is 1. The van der Waals surface area contributed by atoms with E-state index in [-0.39, 0.29) is 18.1 Å². The van der Waals surface area contributed by atoms with Gasteiger partial charge in [-0.05, 0) is 56.4 Å². The Kier molecular flexibility index (Phi) is 8.34. The van der Waals surface area contributed by atoms with E-state index in [1.807, 2.05) is 39.0 Å². The topological polar surface area (TPSA) is 78.8 Å². The minimum absolute atomic E-state index is 0.00820. The minimum Gasteiger partial charge on any atom is -0.507 e. The molecule has 2 aromatic carbocycles. The van der Waals surface area contributed by atoms with Gasteiger partial charge in [-0.15, -0.1) is 0 Å². The largest absolute Gasteiger partial charge is 0.507 e. The van der Waals surface area contributed by atoms with Crippen LogP contribution in [0.3, 0.4) is 0 Å². The fourth-order valence-electron chi connectivity index (χ4n) is 3.53. The first kappa shape index (κ1) is 23.3. The fourth-order valence-corrected chi connectivity index (χ4v) is 3.53. The third-order valence-corrected chi connectivity index (χ3v) is 5.10. The summed E-state index contributed by atoms with van der Waals surface area (Å²) in [5, 5.41) is 24.6. The van der Waals surface area contributed by atoms with E-state index in [0.29, 0.717) is 29.7 Å². The Bertz CT molecular complexity index is 918. The van der Waals surface area contributed by atoms with Crippen molar-refractivity contribution in [2.45, 2.75) is 60.0 Å². The molecule has 0 saturated carbocycles. The van der Waals surface area contributed by atoms with Crippen molar-refractivity contribution in [1.29, 1.82) is 0 Å². The molecule has 3 N–H and O–H groups in total. The number of phenols is 2. The molecule has 0 fully saturated rings. The molecule has 2 rings (SSSR count). The van der Waals surface area contributed by atoms with Crippen LogP contribution in [0.2, 0.25) is 0 Å². The highest BCUT2D eigenvalue weighted by atomic mass is 16.5. The monoisotopic (exact) mass is 411 g/mol. The smallest absolute Gasteiger partial charge is 0.407 e. The normalized spacial score (nSPS) is 10.7. The summed E-state index contributed by atoms with van der Waals surface area (Å²) >= 11 is 0. The zero-order chi connectivity index (χ0) is 22.3. The van der Waals surface area contributed by atoms with Crippen molar-refractivity contribution < 1.29 is 19.7 Å². The first-order valence-electron chi connectivity index (χ1n) is 10.5. The van der Waals surface area contributed by atoms with Gasteiger partial charge in [-0.2, -0.15) is 0 Å². The molecule has 5 nitrogen and oxygen atoms in total. The molecule has 0 atom stereocenters. The van der Waals surface area contributed by atoms with Crippen molar-refractivity contribution in [1.82, 2.24) is 5.32 Å². The summed E-state index contributed by atoms with van der Waals surface area (Å²) in [7, 11) is 0. The predicted octanol–water partition coefficient (Wildman–Crippen LogP) is 6.09. The second-order valence-electron chi connectivity index (χ2n) is 7.65. The molecule has 0 heterocycles. The number of aromatic hydroxyl groups is 2. The van der Waals surface area contributed by atoms with Gasteiger partial charge in [-0.3, -0.25) is 0 Å². The van der Waals surface area contributed by atoms with Crippen LogP contribution < -0.4 is 5.32 Å². The average Bonchev–Trinajstić information content (AvgIpc) is 2.67. The molecule has 0 saturated heterocycles. The first-order valence-corrected chi connectivity index (χ1v) is 10.5. The molecule has 0 aliphatic rings. The summed E-state index contributed by atoms with van der Waals surface area (Å²) in [6.07, 6.45) is 3.17. The van der Waals surface area contributed by atoms with Crippen LogP contribution in [0.25, 0.3) is 16.7 Å². The second-order valence-corrected chi connectivity index (χ2v) is 7.65. The number of unbranched alkanes of at least 4 members (excludes halogenated alkanes) is 2. The van der Waals surface area contributed by atoms with Crippen molar-refractivity contribution in [2.75, 3.05) is 6.54 Å². The molecule has 0 unspecified atom stereocenters. The van der Waals surface area contributed by atoms with Crippen LogP contribution in [0.5, 0.6) is 11.5 Å². The predicted molar refractivity (Wildman–Crippen MR) is 122 cm³/mol. The number of aryl methyl sites for hydroxylation is 2. The third kappa shape index (κ3) is 5.56. The summed E-state index contributed by atoms with van der Waals surface area (Å²) in [4.78, 5) is 11.8. The van der Waals surface area contributed by atoms with E-state index in [1.165, 1.54) is 0 Å². The Morgan fingerprint density at radius 3 is 2.53 bits per heavy atom. The van der Waals surface area contributed by atoms with Gasteiger partial charge in [-0.1, -0.05) is 55.7 Å². The van der Waals surface area contributed by atoms with Gasteiger partial charge in [-0.25, -0.2) is 4.79 Å². The van der Waals surface area contributed by atoms with E-state index in [0.717, 1.165) is 41.5 Å². The zero-order valence-electron chi connectivity index (χ0n) is 18.5. The van der Waals surface area contributed by atoms with Gasteiger partial charge < -0.3 is 20.3 Å². The molecule has 2 aromatic rings. The maximum absolute atomic E-state index is 11.8. The lowest BCUT2D eigenvalue weighted by molar-refractivity contribution is 0.139. The maximum atomic E-state index is 11.8. The highest BCUT2D eigenvalue weighted by Gasteiger charge is 2.22. The van der Waals surface area contributed by atoms with Crippen LogP contribution in [-0.2, 0) is 17.8 Å². The third-order valence-electron chi connectivity index (χ3n) is 5.10. The molecule has 0 radical (unpaired) electrons. The highest BCUT2D eigenvalue weighted by Crippen LogP contribution is 2.44. The summed E-state index contributed by atoms with van der Waals surface area (Å²) in [5.74, 6) is -0.0484. The van der Waals surface area contributed by atoms with Crippen molar-refractivity contribution >= 4 is 11.7 Å². The van der Waals surface area contributed by atoms with Gasteiger partial charge in [0.05, 0.1) is 5.56 Å². The molecule has 5 heteroatoms. The van der Waals surface area contributed by atoms with Gasteiger partial charge in [0, 0.05) is 12.1 Å². The number of hydrogen-bond acceptors (Lipinski definition) is 4. The Morgan fingerprint density at radius 2 is 1.90 bits per heavy atom. The number of carbonyl (C=O) groups is 1. The summed E-state index contributed by atoms with van der Waals surface area (Å²) in [6, 6.07) is 7.52. The zero-order valence-corrected chi connectivity index (χ0v) is 18.5. The van der Waals surface area contributed by atoms with Crippen LogP contribution in [0.1, 0.15) is 62.3 Å². The van der Waals surface area contributed by atoms with Gasteiger partial charge in [0.15, 0.2) is 0 Å². The lowest BCUT2D eigenvalue weighted by Crippen LogP contribution is -2.23. The average molecular weight is 412 g/mol. The summed E-state index contributed by atoms with van der Waals surface area (Å²) < 4.78 is 5.32. The number of carbonyl (C=O) groups excluding carboxylic acids is 1. The lowest BCUT2D eigenvalue weighted by Gasteiger charge is -2.19. The Hall–Kier alpha value is -2.95. The van der Waals surface area contributed by atoms with Gasteiger partial charge in [0.25, 0.3) is 0 Å². The molecular formula is C25H33NO4. The molecule has 0 bridgehead atoms. The number of amides is 1. The molecular weight excluding hydrogens is 378 g/mol. The van der Waals surface area contributed by atoms with Crippen LogP contribution in [-0.4, -0.2) is 22.9 Å². The van der Waals surface area contributed by atoms with Crippen molar-refractivity contribution in [3.05, 3.63) is 53.1 Å². The molecule has 0 aliphatic heterocycles. The van der Waals surface area contributed by atoms with Gasteiger partial charge >= 0.3 is 6.09 Å². The first-order chi connectivity index (χ1) is 14.3. The summed E-state index contributed by atoms with van der Waals surface area (Å²) in [5.41, 5.74) is 5.04. The molecule has 30 heavy (non-hydrogen) atoms. The molecule has 1 amide bonds. The van der Waals surface area contributed by atoms with Crippen LogP contribution in [0.4, 0.5) is 4.79 Å².